The SMILES string of the molecule is Cc1ccc(-c2nc(N(Cc3ccc(C(=O)NCCC(=O)O)cc3)c3ccc(S)cc3)sc2-c2ccccc2)cc1. The molecule has 4 aromatic carbocycles. The van der Waals surface area contributed by atoms with Crippen LogP contribution < -0.4 is 10.2 Å². The van der Waals surface area contributed by atoms with Crippen molar-refractivity contribution in [2.75, 3.05) is 11.4 Å². The molecule has 0 aliphatic carbocycles. The number of carboxylic acid groups (broad SMARTS) is 1. The van der Waals surface area contributed by atoms with Gasteiger partial charge in [-0.15, -0.1) is 12.6 Å². The molecule has 1 aromatic heterocycles. The minimum absolute atomic E-state index is 0.0853. The Labute approximate surface area is 248 Å². The number of anilines is 2. The number of benzene rings is 4. The number of amides is 1. The van der Waals surface area contributed by atoms with Gasteiger partial charge in [0.1, 0.15) is 0 Å². The summed E-state index contributed by atoms with van der Waals surface area (Å²) in [4.78, 5) is 32.5. The van der Waals surface area contributed by atoms with Crippen LogP contribution in [0.4, 0.5) is 10.8 Å². The first-order valence-corrected chi connectivity index (χ1v) is 14.4. The van der Waals surface area contributed by atoms with Gasteiger partial charge >= 0.3 is 5.97 Å². The third-order valence-electron chi connectivity index (χ3n) is 6.55. The summed E-state index contributed by atoms with van der Waals surface area (Å²) in [5, 5.41) is 12.3. The molecule has 0 fully saturated rings. The van der Waals surface area contributed by atoms with Crippen molar-refractivity contribution in [1.29, 1.82) is 0 Å². The van der Waals surface area contributed by atoms with E-state index in [9.17, 15) is 9.59 Å². The summed E-state index contributed by atoms with van der Waals surface area (Å²) in [6, 6.07) is 34.1. The number of carboxylic acids is 1. The van der Waals surface area contributed by atoms with Crippen molar-refractivity contribution in [3.63, 3.8) is 0 Å². The van der Waals surface area contributed by atoms with Gasteiger partial charge in [0.25, 0.3) is 5.91 Å². The highest BCUT2D eigenvalue weighted by atomic mass is 32.1. The summed E-state index contributed by atoms with van der Waals surface area (Å²) in [6.45, 7) is 2.69. The normalized spacial score (nSPS) is 10.8. The molecule has 5 aromatic rings. The lowest BCUT2D eigenvalue weighted by Gasteiger charge is -2.22. The molecule has 0 saturated carbocycles. The largest absolute Gasteiger partial charge is 0.481 e. The predicted molar refractivity (Wildman–Crippen MR) is 168 cm³/mol. The quantitative estimate of drug-likeness (QED) is 0.148. The molecule has 0 unspecified atom stereocenters. The Balaban J connectivity index is 1.50. The number of hydrogen-bond acceptors (Lipinski definition) is 6. The number of aromatic nitrogens is 1. The first-order chi connectivity index (χ1) is 19.9. The number of thiazole rings is 1. The molecule has 6 nitrogen and oxygen atoms in total. The minimum atomic E-state index is -0.949. The fourth-order valence-corrected chi connectivity index (χ4v) is 5.61. The molecule has 1 amide bonds. The molecule has 0 radical (unpaired) electrons. The fraction of sp³-hybridized carbons (Fsp3) is 0.121. The Hall–Kier alpha value is -4.40. The Morgan fingerprint density at radius 3 is 2.22 bits per heavy atom. The molecule has 2 N–H and O–H groups in total. The first kappa shape index (κ1) is 28.1. The number of aryl methyl sites for hydroxylation is 1. The van der Waals surface area contributed by atoms with Gasteiger partial charge in [0.2, 0.25) is 0 Å². The second-order valence-corrected chi connectivity index (χ2v) is 11.1. The van der Waals surface area contributed by atoms with E-state index in [-0.39, 0.29) is 18.9 Å². The van der Waals surface area contributed by atoms with Gasteiger partial charge < -0.3 is 15.3 Å². The highest BCUT2D eigenvalue weighted by molar-refractivity contribution is 7.80. The van der Waals surface area contributed by atoms with Crippen molar-refractivity contribution in [1.82, 2.24) is 10.3 Å². The van der Waals surface area contributed by atoms with E-state index in [4.69, 9.17) is 10.1 Å². The maximum atomic E-state index is 12.4. The van der Waals surface area contributed by atoms with Crippen LogP contribution >= 0.6 is 24.0 Å². The number of carbonyl (C=O) groups excluding carboxylic acids is 1. The van der Waals surface area contributed by atoms with E-state index < -0.39 is 5.97 Å². The molecule has 0 bridgehead atoms. The van der Waals surface area contributed by atoms with Crippen LogP contribution in [0.3, 0.4) is 0 Å². The van der Waals surface area contributed by atoms with Crippen molar-refractivity contribution in [3.8, 4) is 21.7 Å². The first-order valence-electron chi connectivity index (χ1n) is 13.2. The third kappa shape index (κ3) is 7.03. The van der Waals surface area contributed by atoms with Crippen LogP contribution in [-0.2, 0) is 11.3 Å². The monoisotopic (exact) mass is 579 g/mol. The van der Waals surface area contributed by atoms with Gasteiger partial charge in [0.05, 0.1) is 23.5 Å². The Kier molecular flexibility index (Phi) is 8.82. The van der Waals surface area contributed by atoms with Gasteiger partial charge in [-0.25, -0.2) is 4.98 Å². The summed E-state index contributed by atoms with van der Waals surface area (Å²) >= 11 is 6.12. The molecule has 1 heterocycles. The maximum absolute atomic E-state index is 12.4. The maximum Gasteiger partial charge on any atom is 0.305 e. The van der Waals surface area contributed by atoms with Crippen molar-refractivity contribution < 1.29 is 14.7 Å². The van der Waals surface area contributed by atoms with E-state index >= 15 is 0 Å². The summed E-state index contributed by atoms with van der Waals surface area (Å²) in [5.41, 5.74) is 6.74. The molecular formula is C33H29N3O3S2. The smallest absolute Gasteiger partial charge is 0.305 e. The van der Waals surface area contributed by atoms with Crippen LogP contribution in [-0.4, -0.2) is 28.5 Å². The Morgan fingerprint density at radius 2 is 1.56 bits per heavy atom. The van der Waals surface area contributed by atoms with Crippen LogP contribution in [0.15, 0.2) is 108 Å². The summed E-state index contributed by atoms with van der Waals surface area (Å²) in [7, 11) is 0. The molecule has 41 heavy (non-hydrogen) atoms. The van der Waals surface area contributed by atoms with Crippen LogP contribution in [0.2, 0.25) is 0 Å². The second-order valence-electron chi connectivity index (χ2n) is 9.61. The number of nitrogens with zero attached hydrogens (tertiary/aromatic N) is 2. The second kappa shape index (κ2) is 12.8. The molecule has 0 atom stereocenters. The van der Waals surface area contributed by atoms with Crippen LogP contribution in [0, 0.1) is 6.92 Å². The lowest BCUT2D eigenvalue weighted by molar-refractivity contribution is -0.136. The van der Waals surface area contributed by atoms with Gasteiger partial charge in [-0.1, -0.05) is 83.6 Å². The lowest BCUT2D eigenvalue weighted by atomic mass is 10.1. The molecule has 206 valence electrons. The van der Waals surface area contributed by atoms with E-state index in [0.29, 0.717) is 12.1 Å². The van der Waals surface area contributed by atoms with Crippen LogP contribution in [0.25, 0.3) is 21.7 Å². The fourth-order valence-electron chi connectivity index (χ4n) is 4.35. The Morgan fingerprint density at radius 1 is 0.878 bits per heavy atom. The van der Waals surface area contributed by atoms with Gasteiger partial charge in [-0.3, -0.25) is 9.59 Å². The lowest BCUT2D eigenvalue weighted by Crippen LogP contribution is -2.26. The van der Waals surface area contributed by atoms with Crippen molar-refractivity contribution >= 4 is 46.7 Å². The van der Waals surface area contributed by atoms with E-state index in [1.807, 2.05) is 54.6 Å². The van der Waals surface area contributed by atoms with E-state index in [2.05, 4.69) is 66.2 Å². The van der Waals surface area contributed by atoms with Gasteiger partial charge in [0, 0.05) is 28.3 Å². The zero-order valence-corrected chi connectivity index (χ0v) is 24.2. The van der Waals surface area contributed by atoms with Crippen LogP contribution in [0.5, 0.6) is 0 Å². The summed E-state index contributed by atoms with van der Waals surface area (Å²) in [5.74, 6) is -1.25. The standard InChI is InChI=1S/C33H29N3O3S2/c1-22-7-11-24(12-8-22)30-31(25-5-3-2-4-6-25)41-33(35-30)36(27-15-17-28(40)18-16-27)21-23-9-13-26(14-10-23)32(39)34-20-19-29(37)38/h2-18,40H,19-21H2,1H3,(H,34,39)(H,37,38). The highest BCUT2D eigenvalue weighted by Gasteiger charge is 2.21. The van der Waals surface area contributed by atoms with Crippen molar-refractivity contribution in [2.45, 2.75) is 24.8 Å². The van der Waals surface area contributed by atoms with E-state index in [0.717, 1.165) is 43.0 Å². The highest BCUT2D eigenvalue weighted by Crippen LogP contribution is 2.42. The Bertz CT molecular complexity index is 1630. The zero-order valence-electron chi connectivity index (χ0n) is 22.4. The zero-order chi connectivity index (χ0) is 28.8. The van der Waals surface area contributed by atoms with Gasteiger partial charge in [0.15, 0.2) is 5.13 Å². The topological polar surface area (TPSA) is 82.5 Å². The molecule has 0 spiro atoms. The molecule has 5 rings (SSSR count). The molecule has 0 saturated heterocycles. The van der Waals surface area contributed by atoms with Crippen molar-refractivity contribution in [3.05, 3.63) is 120 Å². The van der Waals surface area contributed by atoms with Crippen LogP contribution in [0.1, 0.15) is 27.9 Å². The van der Waals surface area contributed by atoms with Gasteiger partial charge in [-0.05, 0) is 54.4 Å². The average Bonchev–Trinajstić information content (AvgIpc) is 3.42. The van der Waals surface area contributed by atoms with E-state index in [1.54, 1.807) is 23.5 Å². The molecular weight excluding hydrogens is 551 g/mol. The summed E-state index contributed by atoms with van der Waals surface area (Å²) < 4.78 is 0. The van der Waals surface area contributed by atoms with Gasteiger partial charge in [-0.2, -0.15) is 0 Å². The number of thiol groups is 1. The number of hydrogen-bond donors (Lipinski definition) is 3. The average molecular weight is 580 g/mol. The number of aliphatic carboxylic acids is 1. The summed E-state index contributed by atoms with van der Waals surface area (Å²) in [6.07, 6.45) is -0.118. The third-order valence-corrected chi connectivity index (χ3v) is 7.98. The number of nitrogens with one attached hydrogen (secondary N) is 1. The molecule has 0 aliphatic heterocycles. The molecule has 0 aliphatic rings. The van der Waals surface area contributed by atoms with E-state index in [1.165, 1.54) is 5.56 Å². The number of carbonyl (C=O) groups is 2. The number of rotatable bonds is 10. The predicted octanol–water partition coefficient (Wildman–Crippen LogP) is 7.62. The molecule has 8 heteroatoms. The minimum Gasteiger partial charge on any atom is -0.481 e. The van der Waals surface area contributed by atoms with Crippen molar-refractivity contribution in [2.24, 2.45) is 0 Å².